The molecule has 1 unspecified atom stereocenters. The zero-order valence-electron chi connectivity index (χ0n) is 13.8. The van der Waals surface area contributed by atoms with Crippen LogP contribution in [0.15, 0.2) is 29.1 Å². The molecule has 1 aromatic heterocycles. The van der Waals surface area contributed by atoms with Crippen LogP contribution in [0.1, 0.15) is 23.8 Å². The minimum atomic E-state index is -0.519. The number of carbonyl (C=O) groups is 2. The second kappa shape index (κ2) is 5.58. The second-order valence-electron chi connectivity index (χ2n) is 6.44. The zero-order chi connectivity index (χ0) is 17.6. The molecule has 2 aliphatic heterocycles. The summed E-state index contributed by atoms with van der Waals surface area (Å²) in [6, 6.07) is 7.08. The predicted molar refractivity (Wildman–Crippen MR) is 89.3 cm³/mol. The summed E-state index contributed by atoms with van der Waals surface area (Å²) < 4.78 is 5.17. The van der Waals surface area contributed by atoms with Gasteiger partial charge in [0.2, 0.25) is 0 Å². The molecule has 8 heteroatoms. The van der Waals surface area contributed by atoms with E-state index in [9.17, 15) is 14.4 Å². The normalized spacial score (nSPS) is 22.8. The van der Waals surface area contributed by atoms with Gasteiger partial charge in [-0.05, 0) is 18.6 Å². The van der Waals surface area contributed by atoms with Crippen molar-refractivity contribution >= 4 is 23.0 Å². The number of nitrogens with one attached hydrogen (secondary N) is 1. The highest BCUT2D eigenvalue weighted by atomic mass is 16.6. The minimum Gasteiger partial charge on any atom is -0.447 e. The average molecular weight is 342 g/mol. The molecule has 1 aromatic carbocycles. The van der Waals surface area contributed by atoms with Crippen molar-refractivity contribution in [3.8, 4) is 0 Å². The first-order valence-corrected chi connectivity index (χ1v) is 8.27. The third-order valence-electron chi connectivity index (χ3n) is 5.08. The Labute approximate surface area is 143 Å². The fourth-order valence-corrected chi connectivity index (χ4v) is 3.56. The molecule has 25 heavy (non-hydrogen) atoms. The van der Waals surface area contributed by atoms with E-state index in [0.717, 1.165) is 0 Å². The van der Waals surface area contributed by atoms with E-state index < -0.39 is 17.0 Å². The largest absolute Gasteiger partial charge is 0.447 e. The maximum absolute atomic E-state index is 12.9. The average Bonchev–Trinajstić information content (AvgIpc) is 2.97. The number of rotatable bonds is 2. The Kier molecular flexibility index (Phi) is 3.48. The first-order chi connectivity index (χ1) is 12.0. The Balaban J connectivity index is 1.67. The maximum atomic E-state index is 12.9. The molecule has 0 aliphatic carbocycles. The molecule has 0 bridgehead atoms. The minimum absolute atomic E-state index is 0.122. The van der Waals surface area contributed by atoms with Crippen molar-refractivity contribution in [1.82, 2.24) is 19.8 Å². The van der Waals surface area contributed by atoms with Crippen molar-refractivity contribution in [2.45, 2.75) is 18.9 Å². The van der Waals surface area contributed by atoms with Gasteiger partial charge in [0, 0.05) is 19.6 Å². The van der Waals surface area contributed by atoms with E-state index >= 15 is 0 Å². The van der Waals surface area contributed by atoms with Crippen molar-refractivity contribution in [3.63, 3.8) is 0 Å². The van der Waals surface area contributed by atoms with Gasteiger partial charge in [0.15, 0.2) is 5.69 Å². The van der Waals surface area contributed by atoms with E-state index in [1.165, 1.54) is 0 Å². The van der Waals surface area contributed by atoms with Gasteiger partial charge in [-0.25, -0.2) is 9.78 Å². The summed E-state index contributed by atoms with van der Waals surface area (Å²) in [5.41, 5.74) is 0.00986. The Morgan fingerprint density at radius 2 is 2.12 bits per heavy atom. The Bertz CT molecular complexity index is 924. The van der Waals surface area contributed by atoms with Gasteiger partial charge >= 0.3 is 6.09 Å². The number of carbonyl (C=O) groups excluding carboxylic acids is 2. The lowest BCUT2D eigenvalue weighted by molar-refractivity contribution is 0.0356. The molecule has 0 spiro atoms. The first-order valence-electron chi connectivity index (χ1n) is 8.27. The van der Waals surface area contributed by atoms with E-state index in [-0.39, 0.29) is 18.4 Å². The maximum Gasteiger partial charge on any atom is 0.410 e. The van der Waals surface area contributed by atoms with Crippen LogP contribution in [0.3, 0.4) is 0 Å². The summed E-state index contributed by atoms with van der Waals surface area (Å²) in [6.45, 7) is 3.30. The van der Waals surface area contributed by atoms with Gasteiger partial charge in [0.1, 0.15) is 6.61 Å². The molecule has 2 aromatic rings. The van der Waals surface area contributed by atoms with Gasteiger partial charge in [0.25, 0.3) is 11.5 Å². The molecule has 2 fully saturated rings. The zero-order valence-corrected chi connectivity index (χ0v) is 13.8. The monoisotopic (exact) mass is 342 g/mol. The van der Waals surface area contributed by atoms with Crippen LogP contribution in [0.4, 0.5) is 4.79 Å². The van der Waals surface area contributed by atoms with E-state index in [1.807, 2.05) is 6.92 Å². The van der Waals surface area contributed by atoms with Crippen LogP contribution < -0.4 is 5.56 Å². The number of hydrogen-bond donors (Lipinski definition) is 1. The molecule has 2 saturated heterocycles. The number of H-pyrrole nitrogens is 1. The lowest BCUT2D eigenvalue weighted by Crippen LogP contribution is -2.62. The van der Waals surface area contributed by atoms with Gasteiger partial charge in [-0.2, -0.15) is 0 Å². The van der Waals surface area contributed by atoms with Crippen LogP contribution >= 0.6 is 0 Å². The number of fused-ring (bicyclic) bond motifs is 2. The molecular formula is C17H18N4O4. The second-order valence-corrected chi connectivity index (χ2v) is 6.44. The van der Waals surface area contributed by atoms with Crippen molar-refractivity contribution in [3.05, 3.63) is 40.3 Å². The Hall–Kier alpha value is -2.90. The number of nitrogens with zero attached hydrogens (tertiary/aromatic N) is 3. The van der Waals surface area contributed by atoms with Crippen molar-refractivity contribution < 1.29 is 14.3 Å². The van der Waals surface area contributed by atoms with Gasteiger partial charge in [-0.1, -0.05) is 19.1 Å². The fourth-order valence-electron chi connectivity index (χ4n) is 3.56. The van der Waals surface area contributed by atoms with Crippen molar-refractivity contribution in [2.75, 3.05) is 26.2 Å². The van der Waals surface area contributed by atoms with Gasteiger partial charge in [0.05, 0.1) is 16.6 Å². The summed E-state index contributed by atoms with van der Waals surface area (Å²) in [5.74, 6) is -0.418. The summed E-state index contributed by atoms with van der Waals surface area (Å²) in [6.07, 6.45) is 0.333. The standard InChI is InChI=1S/C17H18N4O4/c1-2-17-9-20(7-8-21(17)16(24)25-10-17)15(23)13-14(22)19-12-6-4-3-5-11(12)18-13/h3-6H,2,7-10H2,1H3,(H,19,22). The van der Waals surface area contributed by atoms with E-state index in [1.54, 1.807) is 34.1 Å². The number of para-hydroxylation sites is 2. The smallest absolute Gasteiger partial charge is 0.410 e. The SMILES string of the molecule is CCC12COC(=O)N1CCN(C(=O)c1nc3ccccc3[nH]c1=O)C2. The predicted octanol–water partition coefficient (Wildman–Crippen LogP) is 0.980. The van der Waals surface area contributed by atoms with E-state index in [4.69, 9.17) is 4.74 Å². The number of cyclic esters (lactones) is 1. The molecule has 1 atom stereocenters. The Morgan fingerprint density at radius 1 is 1.32 bits per heavy atom. The number of aromatic nitrogens is 2. The number of hydrogen-bond acceptors (Lipinski definition) is 5. The number of benzene rings is 1. The lowest BCUT2D eigenvalue weighted by atomic mass is 9.93. The van der Waals surface area contributed by atoms with E-state index in [0.29, 0.717) is 37.1 Å². The highest BCUT2D eigenvalue weighted by Crippen LogP contribution is 2.32. The van der Waals surface area contributed by atoms with Crippen LogP contribution in [0.25, 0.3) is 11.0 Å². The summed E-state index contributed by atoms with van der Waals surface area (Å²) in [5, 5.41) is 0. The van der Waals surface area contributed by atoms with Crippen LogP contribution in [-0.2, 0) is 4.74 Å². The summed E-state index contributed by atoms with van der Waals surface area (Å²) in [7, 11) is 0. The molecule has 130 valence electrons. The molecule has 2 aliphatic rings. The van der Waals surface area contributed by atoms with Crippen LogP contribution in [0.2, 0.25) is 0 Å². The van der Waals surface area contributed by atoms with Crippen LogP contribution in [0.5, 0.6) is 0 Å². The van der Waals surface area contributed by atoms with Gasteiger partial charge in [-0.3, -0.25) is 14.5 Å². The molecule has 3 heterocycles. The molecule has 0 radical (unpaired) electrons. The molecule has 4 rings (SSSR count). The highest BCUT2D eigenvalue weighted by Gasteiger charge is 2.50. The van der Waals surface area contributed by atoms with Gasteiger partial charge < -0.3 is 14.6 Å². The molecular weight excluding hydrogens is 324 g/mol. The lowest BCUT2D eigenvalue weighted by Gasteiger charge is -2.44. The number of amides is 2. The Morgan fingerprint density at radius 3 is 2.92 bits per heavy atom. The van der Waals surface area contributed by atoms with Crippen LogP contribution in [-0.4, -0.2) is 63.5 Å². The fraction of sp³-hybridized carbons (Fsp3) is 0.412. The molecule has 2 amide bonds. The number of aromatic amines is 1. The quantitative estimate of drug-likeness (QED) is 0.878. The molecule has 1 N–H and O–H groups in total. The third kappa shape index (κ3) is 2.36. The van der Waals surface area contributed by atoms with E-state index in [2.05, 4.69) is 9.97 Å². The molecule has 8 nitrogen and oxygen atoms in total. The summed E-state index contributed by atoms with van der Waals surface area (Å²) >= 11 is 0. The van der Waals surface area contributed by atoms with Crippen molar-refractivity contribution in [1.29, 1.82) is 0 Å². The highest BCUT2D eigenvalue weighted by molar-refractivity contribution is 5.94. The van der Waals surface area contributed by atoms with Gasteiger partial charge in [-0.15, -0.1) is 0 Å². The third-order valence-corrected chi connectivity index (χ3v) is 5.08. The topological polar surface area (TPSA) is 95.6 Å². The summed E-state index contributed by atoms with van der Waals surface area (Å²) in [4.78, 5) is 47.3. The van der Waals surface area contributed by atoms with Crippen LogP contribution in [0, 0.1) is 0 Å². The molecule has 0 saturated carbocycles. The first kappa shape index (κ1) is 15.6. The number of piperazine rings is 1. The number of ether oxygens (including phenoxy) is 1. The van der Waals surface area contributed by atoms with Crippen molar-refractivity contribution in [2.24, 2.45) is 0 Å².